The number of aromatic nitrogens is 1. The van der Waals surface area contributed by atoms with Crippen LogP contribution in [0.15, 0.2) is 24.4 Å². The molecule has 2 atom stereocenters. The predicted octanol–water partition coefficient (Wildman–Crippen LogP) is 10.2. The van der Waals surface area contributed by atoms with Crippen LogP contribution in [0.5, 0.6) is 0 Å². The van der Waals surface area contributed by atoms with E-state index in [4.69, 9.17) is 68.9 Å². The van der Waals surface area contributed by atoms with Crippen molar-refractivity contribution in [2.45, 2.75) is 64.0 Å². The Bertz CT molecular complexity index is 760. The van der Waals surface area contributed by atoms with E-state index < -0.39 is 50.3 Å². The smallest absolute Gasteiger partial charge is 0.693 e. The standard InChI is InChI=1S/C8H10O2.C6H12N2.C6H7N.C2H2O4.4ClH.5H2N.4Pt/c1-6(9)8(7(2)10)4-3-5-8;7-5-3-1-2-4-6(5)8;1-6-4-2-3-5-7-6;3-1(4)2(5)6;;;;;;;;;;;;;/h1-5H2;5-8H,1-4H2;2-5H,1H3;(H,3,4)(H,5,6);4*1H;5*1H2;;;;/q2*-2;;;;;;;5*-1;2*+2;2*+4/p-4/t;5-,6-;;;;;;;;;;;;;;;/m.1.............../s1. The molecule has 2 aliphatic rings. The second kappa shape index (κ2) is 45.9. The summed E-state index contributed by atoms with van der Waals surface area (Å²) in [5.74, 6) is -4.18. The molecule has 0 aliphatic heterocycles. The van der Waals surface area contributed by atoms with Crippen LogP contribution in [0.4, 0.5) is 0 Å². The minimum absolute atomic E-state index is 0. The number of ketones is 2. The Balaban J connectivity index is -0.0000000397. The fourth-order valence-corrected chi connectivity index (χ4v) is 2.82. The van der Waals surface area contributed by atoms with Gasteiger partial charge in [0.15, 0.2) is 0 Å². The van der Waals surface area contributed by atoms with E-state index in [0.717, 1.165) is 25.0 Å². The number of rotatable bonds is 2. The third-order valence-corrected chi connectivity index (χ3v) is 5.04. The second-order valence-electron chi connectivity index (χ2n) is 7.45. The van der Waals surface area contributed by atoms with E-state index in [9.17, 15) is 9.59 Å². The molecule has 0 saturated heterocycles. The second-order valence-corrected chi connectivity index (χ2v) is 14.0. The number of carbonyl (C=O) groups is 4. The first-order valence-corrected chi connectivity index (χ1v) is 21.7. The van der Waals surface area contributed by atoms with Crippen LogP contribution >= 0.6 is 37.7 Å². The average molecular weight is 1440 g/mol. The van der Waals surface area contributed by atoms with Crippen LogP contribution in [0.3, 0.4) is 0 Å². The minimum atomic E-state index is -1.82. The molecule has 0 bridgehead atoms. The Kier molecular flexibility index (Phi) is 74.1. The van der Waals surface area contributed by atoms with E-state index in [1.54, 1.807) is 6.20 Å². The van der Waals surface area contributed by atoms with Gasteiger partial charge in [-0.25, -0.2) is 9.59 Å². The van der Waals surface area contributed by atoms with Crippen molar-refractivity contribution in [3.63, 3.8) is 0 Å². The molecule has 14 nitrogen and oxygen atoms in total. The maximum absolute atomic E-state index is 10.8. The normalized spacial score (nSPS) is 15.4. The van der Waals surface area contributed by atoms with Crippen LogP contribution in [-0.4, -0.2) is 50.8 Å². The number of nitrogens with two attached hydrogens (primary N) is 5. The molecule has 1 heterocycles. The van der Waals surface area contributed by atoms with E-state index in [1.807, 2.05) is 25.1 Å². The van der Waals surface area contributed by atoms with Crippen molar-refractivity contribution in [3.8, 4) is 0 Å². The molecule has 1 aromatic rings. The fourth-order valence-electron chi connectivity index (χ4n) is 2.82. The van der Waals surface area contributed by atoms with Crippen molar-refractivity contribution in [3.05, 3.63) is 86.2 Å². The Hall–Kier alpha value is 0.803. The SMILES string of the molecule is Cc1ccccn1.O=C(O)C(=O)O.[CH2-]C(=O)C1(C([CH2-])=O)CCC1.[Cl][Pt+2][Cl].[Cl][Pt][Cl].[NH-][C@@H]1CCCC[C@H]1[NH-].[NH2-].[NH2-].[NH2-].[NH2-].[NH2-].[Pt+2].[Pt+4]. The largest absolute Gasteiger partial charge is 4.00 e. The molecule has 0 spiro atoms. The van der Waals surface area contributed by atoms with Gasteiger partial charge in [-0.3, -0.25) is 4.98 Å². The Morgan fingerprint density at radius 1 is 0.886 bits per heavy atom. The van der Waals surface area contributed by atoms with Crippen molar-refractivity contribution in [2.24, 2.45) is 5.41 Å². The van der Waals surface area contributed by atoms with Gasteiger partial charge >= 0.3 is 125 Å². The minimum Gasteiger partial charge on any atom is -0.693 e. The average Bonchev–Trinajstić information content (AvgIpc) is 2.77. The maximum atomic E-state index is 10.8. The number of halogens is 4. The summed E-state index contributed by atoms with van der Waals surface area (Å²) < 4.78 is 0. The van der Waals surface area contributed by atoms with Gasteiger partial charge in [-0.2, -0.15) is 12.1 Å². The van der Waals surface area contributed by atoms with E-state index in [2.05, 4.69) is 18.8 Å². The topological polar surface area (TPSA) is 337 Å². The first-order chi connectivity index (χ1) is 17.3. The summed E-state index contributed by atoms with van der Waals surface area (Å²) >= 11 is -0.944. The fraction of sp³-hybridized carbons (Fsp3) is 0.500. The first kappa shape index (κ1) is 71.0. The summed E-state index contributed by atoms with van der Waals surface area (Å²) in [6, 6.07) is 5.70. The zero-order chi connectivity index (χ0) is 29.4. The van der Waals surface area contributed by atoms with Crippen LogP contribution < -0.4 is 0 Å². The van der Waals surface area contributed by atoms with Crippen molar-refractivity contribution >= 4 is 61.2 Å². The Labute approximate surface area is 322 Å². The Morgan fingerprint density at radius 2 is 1.20 bits per heavy atom. The van der Waals surface area contributed by atoms with Crippen LogP contribution in [0, 0.1) is 26.2 Å². The monoisotopic (exact) mass is 1430 g/mol. The zero-order valence-corrected chi connectivity index (χ0v) is 35.6. The van der Waals surface area contributed by atoms with E-state index in [-0.39, 0.29) is 96.5 Å². The van der Waals surface area contributed by atoms with Gasteiger partial charge in [0.25, 0.3) is 0 Å². The number of hydrogen-bond acceptors (Lipinski definition) is 5. The van der Waals surface area contributed by atoms with Gasteiger partial charge in [-0.05, 0) is 31.9 Å². The van der Waals surface area contributed by atoms with Gasteiger partial charge in [0.1, 0.15) is 0 Å². The molecule has 3 rings (SSSR count). The number of carboxylic acid groups (broad SMARTS) is 2. The molecule has 2 saturated carbocycles. The summed E-state index contributed by atoms with van der Waals surface area (Å²) in [5, 5.41) is 14.8. The number of aliphatic carboxylic acids is 2. The number of carbonyl (C=O) groups excluding carboxylic acids is 2. The third kappa shape index (κ3) is 39.0. The van der Waals surface area contributed by atoms with Gasteiger partial charge in [-0.1, -0.05) is 38.2 Å². The number of nitrogens with one attached hydrogen (secondary N) is 2. The number of pyridine rings is 1. The number of aryl methyl sites for hydroxylation is 1. The number of carboxylic acids is 2. The van der Waals surface area contributed by atoms with Crippen molar-refractivity contribution in [1.82, 2.24) is 4.98 Å². The van der Waals surface area contributed by atoms with Gasteiger partial charge < -0.3 is 75.9 Å². The summed E-state index contributed by atoms with van der Waals surface area (Å²) in [6.07, 6.45) is 8.28. The van der Waals surface area contributed by atoms with E-state index >= 15 is 0 Å². The Morgan fingerprint density at radius 3 is 1.30 bits per heavy atom. The number of hydrogen-bond donors (Lipinski definition) is 2. The van der Waals surface area contributed by atoms with Gasteiger partial charge in [0.05, 0.1) is 0 Å². The van der Waals surface area contributed by atoms with Crippen LogP contribution in [-0.2, 0) is 94.3 Å². The molecular formula is C22H41Cl4N8O6Pt4-. The molecule has 1 aromatic heterocycles. The number of nitrogens with zero attached hydrogens (tertiary/aromatic N) is 1. The molecule has 14 N–H and O–H groups in total. The molecule has 2 aliphatic carbocycles. The maximum Gasteiger partial charge on any atom is 4.00 e. The summed E-state index contributed by atoms with van der Waals surface area (Å²) in [5.41, 5.74) is 14.9. The number of Topliss-reactive ketones (excluding diaryl/α,β-unsaturated/α-hetero) is 2. The first-order valence-electron chi connectivity index (χ1n) is 10.4. The quantitative estimate of drug-likeness (QED) is 0.164. The molecule has 0 aromatic carbocycles. The van der Waals surface area contributed by atoms with Gasteiger partial charge in [-0.15, -0.1) is 0 Å². The van der Waals surface area contributed by atoms with Gasteiger partial charge in [0, 0.05) is 28.9 Å². The van der Waals surface area contributed by atoms with Gasteiger partial charge in [0.2, 0.25) is 0 Å². The molecule has 274 valence electrons. The summed E-state index contributed by atoms with van der Waals surface area (Å²) in [7, 11) is 19.5. The zero-order valence-electron chi connectivity index (χ0n) is 23.5. The van der Waals surface area contributed by atoms with Crippen LogP contribution in [0.25, 0.3) is 42.2 Å². The van der Waals surface area contributed by atoms with Crippen molar-refractivity contribution < 1.29 is 104 Å². The molecule has 2 fully saturated rings. The molecule has 44 heavy (non-hydrogen) atoms. The van der Waals surface area contributed by atoms with E-state index in [1.165, 1.54) is 12.8 Å². The molecule has 0 amide bonds. The molecule has 0 unspecified atom stereocenters. The third-order valence-electron chi connectivity index (χ3n) is 5.04. The molecular weight excluding hydrogens is 1390 g/mol. The van der Waals surface area contributed by atoms with Crippen LogP contribution in [0.1, 0.15) is 50.6 Å². The molecule has 0 radical (unpaired) electrons. The summed E-state index contributed by atoms with van der Waals surface area (Å²) in [4.78, 5) is 43.8. The molecule has 22 heteroatoms. The van der Waals surface area contributed by atoms with Crippen molar-refractivity contribution in [2.75, 3.05) is 0 Å². The predicted molar refractivity (Wildman–Crippen MR) is 166 cm³/mol. The van der Waals surface area contributed by atoms with Crippen LogP contribution in [0.2, 0.25) is 0 Å². The van der Waals surface area contributed by atoms with E-state index in [0.29, 0.717) is 12.8 Å². The van der Waals surface area contributed by atoms with Crippen molar-refractivity contribution in [1.29, 1.82) is 0 Å². The summed E-state index contributed by atoms with van der Waals surface area (Å²) in [6.45, 7) is 8.48.